The molecule has 152 valence electrons. The second kappa shape index (κ2) is 8.08. The van der Waals surface area contributed by atoms with Crippen LogP contribution in [-0.4, -0.2) is 38.0 Å². The number of nitrogens with one attached hydrogen (secondary N) is 2. The van der Waals surface area contributed by atoms with Gasteiger partial charge in [0.1, 0.15) is 11.6 Å². The Morgan fingerprint density at radius 3 is 2.53 bits per heavy atom. The zero-order valence-electron chi connectivity index (χ0n) is 16.5. The maximum Gasteiger partial charge on any atom is 0.272 e. The standard InChI is InChI=1S/C21H21N7O2/c1-13(19-24-21(22)26-25-19)23-20(29)17-12-18(14-6-4-3-5-7-14)28(27-17)15-8-10-16(30-2)11-9-15/h3-13H,1-2H3,(H,23,29)(H3,22,24,25,26). The molecule has 0 aliphatic carbocycles. The number of anilines is 1. The zero-order valence-corrected chi connectivity index (χ0v) is 16.5. The van der Waals surface area contributed by atoms with Crippen LogP contribution in [0.4, 0.5) is 5.95 Å². The Morgan fingerprint density at radius 2 is 1.90 bits per heavy atom. The van der Waals surface area contributed by atoms with E-state index in [2.05, 4.69) is 25.6 Å². The predicted octanol–water partition coefficient (Wildman–Crippen LogP) is 2.74. The highest BCUT2D eigenvalue weighted by atomic mass is 16.5. The molecule has 4 rings (SSSR count). The molecule has 0 bridgehead atoms. The molecule has 4 aromatic rings. The molecule has 2 heterocycles. The van der Waals surface area contributed by atoms with Gasteiger partial charge in [0.2, 0.25) is 5.95 Å². The highest BCUT2D eigenvalue weighted by molar-refractivity contribution is 5.93. The van der Waals surface area contributed by atoms with E-state index in [0.717, 1.165) is 22.7 Å². The first-order chi connectivity index (χ1) is 14.5. The number of aromatic nitrogens is 5. The molecular formula is C21H21N7O2. The normalized spacial score (nSPS) is 11.8. The van der Waals surface area contributed by atoms with Gasteiger partial charge in [-0.1, -0.05) is 30.3 Å². The molecule has 4 N–H and O–H groups in total. The van der Waals surface area contributed by atoms with Crippen LogP contribution in [0.15, 0.2) is 60.7 Å². The number of carbonyl (C=O) groups is 1. The Hall–Kier alpha value is -4.14. The van der Waals surface area contributed by atoms with Gasteiger partial charge in [-0.3, -0.25) is 9.89 Å². The Morgan fingerprint density at radius 1 is 1.17 bits per heavy atom. The molecule has 2 aromatic heterocycles. The lowest BCUT2D eigenvalue weighted by atomic mass is 10.1. The van der Waals surface area contributed by atoms with Crippen molar-refractivity contribution in [2.24, 2.45) is 0 Å². The summed E-state index contributed by atoms with van der Waals surface area (Å²) in [6.45, 7) is 1.79. The number of hydrogen-bond donors (Lipinski definition) is 3. The average molecular weight is 403 g/mol. The van der Waals surface area contributed by atoms with Crippen molar-refractivity contribution in [3.63, 3.8) is 0 Å². The van der Waals surface area contributed by atoms with Gasteiger partial charge in [-0.05, 0) is 37.3 Å². The van der Waals surface area contributed by atoms with Crippen LogP contribution in [0, 0.1) is 0 Å². The molecule has 0 saturated carbocycles. The van der Waals surface area contributed by atoms with E-state index in [1.54, 1.807) is 24.8 Å². The van der Waals surface area contributed by atoms with E-state index in [1.165, 1.54) is 0 Å². The first-order valence-corrected chi connectivity index (χ1v) is 9.33. The summed E-state index contributed by atoms with van der Waals surface area (Å²) >= 11 is 0. The first kappa shape index (κ1) is 19.2. The zero-order chi connectivity index (χ0) is 21.1. The number of ether oxygens (including phenoxy) is 1. The maximum absolute atomic E-state index is 12.9. The lowest BCUT2D eigenvalue weighted by molar-refractivity contribution is 0.0933. The van der Waals surface area contributed by atoms with Crippen molar-refractivity contribution in [3.05, 3.63) is 72.2 Å². The topological polar surface area (TPSA) is 124 Å². The molecule has 0 radical (unpaired) electrons. The van der Waals surface area contributed by atoms with E-state index < -0.39 is 6.04 Å². The molecule has 1 amide bonds. The van der Waals surface area contributed by atoms with Gasteiger partial charge in [0.15, 0.2) is 5.69 Å². The second-order valence-corrected chi connectivity index (χ2v) is 6.66. The molecule has 9 nitrogen and oxygen atoms in total. The van der Waals surface area contributed by atoms with Crippen LogP contribution in [0.1, 0.15) is 29.3 Å². The SMILES string of the molecule is COc1ccc(-n2nc(C(=O)NC(C)c3nc(N)n[nH]3)cc2-c2ccccc2)cc1. The number of amides is 1. The van der Waals surface area contributed by atoms with E-state index in [9.17, 15) is 4.79 Å². The van der Waals surface area contributed by atoms with E-state index >= 15 is 0 Å². The maximum atomic E-state index is 12.9. The first-order valence-electron chi connectivity index (χ1n) is 9.33. The number of aromatic amines is 1. The second-order valence-electron chi connectivity index (χ2n) is 6.66. The van der Waals surface area contributed by atoms with Crippen molar-refractivity contribution in [1.29, 1.82) is 0 Å². The van der Waals surface area contributed by atoms with E-state index in [4.69, 9.17) is 10.5 Å². The molecular weight excluding hydrogens is 382 g/mol. The lowest BCUT2D eigenvalue weighted by Crippen LogP contribution is -2.27. The van der Waals surface area contributed by atoms with E-state index in [-0.39, 0.29) is 17.5 Å². The minimum Gasteiger partial charge on any atom is -0.497 e. The summed E-state index contributed by atoms with van der Waals surface area (Å²) in [5.41, 5.74) is 8.37. The van der Waals surface area contributed by atoms with Crippen molar-refractivity contribution in [1.82, 2.24) is 30.3 Å². The molecule has 2 aromatic carbocycles. The molecule has 30 heavy (non-hydrogen) atoms. The molecule has 0 aliphatic rings. The van der Waals surface area contributed by atoms with Crippen LogP contribution in [0.5, 0.6) is 5.75 Å². The van der Waals surface area contributed by atoms with Crippen LogP contribution < -0.4 is 15.8 Å². The minimum absolute atomic E-state index is 0.126. The fourth-order valence-corrected chi connectivity index (χ4v) is 3.05. The van der Waals surface area contributed by atoms with Gasteiger partial charge in [0.05, 0.1) is 24.5 Å². The Balaban J connectivity index is 1.68. The molecule has 1 unspecified atom stereocenters. The third kappa shape index (κ3) is 3.86. The summed E-state index contributed by atoms with van der Waals surface area (Å²) in [4.78, 5) is 16.9. The number of carbonyl (C=O) groups excluding carboxylic acids is 1. The van der Waals surface area contributed by atoms with Crippen LogP contribution >= 0.6 is 0 Å². The van der Waals surface area contributed by atoms with Crippen molar-refractivity contribution in [2.75, 3.05) is 12.8 Å². The van der Waals surface area contributed by atoms with Crippen LogP contribution in [0.25, 0.3) is 16.9 Å². The number of nitrogens with zero attached hydrogens (tertiary/aromatic N) is 4. The Labute approximate surface area is 172 Å². The number of hydrogen-bond acceptors (Lipinski definition) is 6. The summed E-state index contributed by atoms with van der Waals surface area (Å²) in [5.74, 6) is 1.01. The molecule has 0 saturated heterocycles. The number of H-pyrrole nitrogens is 1. The Bertz CT molecular complexity index is 1150. The molecule has 9 heteroatoms. The van der Waals surface area contributed by atoms with Gasteiger partial charge >= 0.3 is 0 Å². The van der Waals surface area contributed by atoms with Crippen molar-refractivity contribution >= 4 is 11.9 Å². The van der Waals surface area contributed by atoms with Crippen molar-refractivity contribution < 1.29 is 9.53 Å². The minimum atomic E-state index is -0.409. The summed E-state index contributed by atoms with van der Waals surface area (Å²) in [5, 5.41) is 13.9. The summed E-state index contributed by atoms with van der Waals surface area (Å²) < 4.78 is 6.97. The van der Waals surface area contributed by atoms with Gasteiger partial charge in [0.25, 0.3) is 5.91 Å². The summed E-state index contributed by atoms with van der Waals surface area (Å²) in [7, 11) is 1.62. The summed E-state index contributed by atoms with van der Waals surface area (Å²) in [6.07, 6.45) is 0. The third-order valence-corrected chi connectivity index (χ3v) is 4.61. The van der Waals surface area contributed by atoms with Crippen molar-refractivity contribution in [3.8, 4) is 22.7 Å². The number of nitrogens with two attached hydrogens (primary N) is 1. The highest BCUT2D eigenvalue weighted by Crippen LogP contribution is 2.25. The van der Waals surface area contributed by atoms with Crippen LogP contribution in [0.2, 0.25) is 0 Å². The van der Waals surface area contributed by atoms with Gasteiger partial charge in [-0.25, -0.2) is 4.68 Å². The number of methoxy groups -OCH3 is 1. The van der Waals surface area contributed by atoms with Gasteiger partial charge in [-0.15, -0.1) is 5.10 Å². The van der Waals surface area contributed by atoms with Crippen molar-refractivity contribution in [2.45, 2.75) is 13.0 Å². The average Bonchev–Trinajstić information content (AvgIpc) is 3.41. The van der Waals surface area contributed by atoms with Gasteiger partial charge in [0, 0.05) is 5.56 Å². The van der Waals surface area contributed by atoms with E-state index in [1.807, 2.05) is 54.6 Å². The van der Waals surface area contributed by atoms with E-state index in [0.29, 0.717) is 5.82 Å². The third-order valence-electron chi connectivity index (χ3n) is 4.61. The summed E-state index contributed by atoms with van der Waals surface area (Å²) in [6, 6.07) is 18.6. The molecule has 0 fully saturated rings. The van der Waals surface area contributed by atoms with Crippen LogP contribution in [0.3, 0.4) is 0 Å². The largest absolute Gasteiger partial charge is 0.497 e. The molecule has 0 aliphatic heterocycles. The fraction of sp³-hybridized carbons (Fsp3) is 0.143. The van der Waals surface area contributed by atoms with Crippen LogP contribution in [-0.2, 0) is 0 Å². The monoisotopic (exact) mass is 403 g/mol. The van der Waals surface area contributed by atoms with Gasteiger partial charge < -0.3 is 15.8 Å². The number of rotatable bonds is 6. The predicted molar refractivity (Wildman–Crippen MR) is 112 cm³/mol. The Kier molecular flexibility index (Phi) is 5.17. The number of benzene rings is 2. The molecule has 0 spiro atoms. The fourth-order valence-electron chi connectivity index (χ4n) is 3.05. The number of nitrogen functional groups attached to an aromatic ring is 1. The highest BCUT2D eigenvalue weighted by Gasteiger charge is 2.20. The van der Waals surface area contributed by atoms with Gasteiger partial charge in [-0.2, -0.15) is 10.1 Å². The lowest BCUT2D eigenvalue weighted by Gasteiger charge is -2.09. The molecule has 1 atom stereocenters. The quantitative estimate of drug-likeness (QED) is 0.455. The smallest absolute Gasteiger partial charge is 0.272 e.